The quantitative estimate of drug-likeness (QED) is 0.653. The topological polar surface area (TPSA) is 55.1 Å². The standard InChI is InChI=1S/C14H30N2O/c1-5-11(3)12(4)16-14(17)8-7-13(6-2)9-10-15/h11-13H,5-10,15H2,1-4H3,(H,16,17). The normalized spacial score (nSPS) is 16.3. The molecule has 0 fully saturated rings. The second-order valence-electron chi connectivity index (χ2n) is 5.13. The molecule has 0 saturated heterocycles. The number of rotatable bonds is 9. The fourth-order valence-electron chi connectivity index (χ4n) is 1.95. The van der Waals surface area contributed by atoms with Crippen LogP contribution in [-0.2, 0) is 4.79 Å². The first kappa shape index (κ1) is 16.4. The molecule has 0 aromatic carbocycles. The molecule has 17 heavy (non-hydrogen) atoms. The molecular formula is C14H30N2O. The van der Waals surface area contributed by atoms with Gasteiger partial charge in [0, 0.05) is 12.5 Å². The summed E-state index contributed by atoms with van der Waals surface area (Å²) in [6.07, 6.45) is 4.86. The highest BCUT2D eigenvalue weighted by Crippen LogP contribution is 2.14. The minimum absolute atomic E-state index is 0.188. The van der Waals surface area contributed by atoms with Crippen molar-refractivity contribution in [1.82, 2.24) is 5.32 Å². The first-order valence-corrected chi connectivity index (χ1v) is 7.04. The van der Waals surface area contributed by atoms with Crippen molar-refractivity contribution in [3.63, 3.8) is 0 Å². The van der Waals surface area contributed by atoms with Crippen molar-refractivity contribution in [2.24, 2.45) is 17.6 Å². The van der Waals surface area contributed by atoms with Gasteiger partial charge >= 0.3 is 0 Å². The van der Waals surface area contributed by atoms with Crippen LogP contribution in [0.3, 0.4) is 0 Å². The van der Waals surface area contributed by atoms with Gasteiger partial charge in [0.05, 0.1) is 0 Å². The average molecular weight is 242 g/mol. The molecule has 3 atom stereocenters. The van der Waals surface area contributed by atoms with E-state index in [9.17, 15) is 4.79 Å². The molecule has 0 aromatic heterocycles. The molecule has 0 rings (SSSR count). The summed E-state index contributed by atoms with van der Waals surface area (Å²) >= 11 is 0. The Morgan fingerprint density at radius 3 is 2.29 bits per heavy atom. The summed E-state index contributed by atoms with van der Waals surface area (Å²) in [6, 6.07) is 0.280. The van der Waals surface area contributed by atoms with Crippen LogP contribution in [0.1, 0.15) is 59.8 Å². The van der Waals surface area contributed by atoms with E-state index in [0.29, 0.717) is 18.3 Å². The van der Waals surface area contributed by atoms with E-state index in [-0.39, 0.29) is 11.9 Å². The monoisotopic (exact) mass is 242 g/mol. The fraction of sp³-hybridized carbons (Fsp3) is 0.929. The van der Waals surface area contributed by atoms with Gasteiger partial charge in [0.15, 0.2) is 0 Å². The molecular weight excluding hydrogens is 212 g/mol. The fourth-order valence-corrected chi connectivity index (χ4v) is 1.95. The molecule has 0 radical (unpaired) electrons. The Morgan fingerprint density at radius 2 is 1.82 bits per heavy atom. The molecule has 0 aliphatic carbocycles. The maximum absolute atomic E-state index is 11.8. The minimum atomic E-state index is 0.188. The molecule has 3 unspecified atom stereocenters. The molecule has 0 spiro atoms. The Labute approximate surface area is 107 Å². The van der Waals surface area contributed by atoms with Crippen LogP contribution in [0.4, 0.5) is 0 Å². The Bertz CT molecular complexity index is 206. The molecule has 0 aromatic rings. The summed E-state index contributed by atoms with van der Waals surface area (Å²) in [5.74, 6) is 1.34. The van der Waals surface area contributed by atoms with Crippen LogP contribution in [0.5, 0.6) is 0 Å². The van der Waals surface area contributed by atoms with Crippen molar-refractivity contribution < 1.29 is 4.79 Å². The number of nitrogens with two attached hydrogens (primary N) is 1. The first-order valence-electron chi connectivity index (χ1n) is 7.04. The summed E-state index contributed by atoms with van der Waals surface area (Å²) in [5, 5.41) is 3.08. The number of amides is 1. The van der Waals surface area contributed by atoms with Crippen molar-refractivity contribution in [3.05, 3.63) is 0 Å². The molecule has 3 nitrogen and oxygen atoms in total. The Morgan fingerprint density at radius 1 is 1.18 bits per heavy atom. The van der Waals surface area contributed by atoms with Crippen LogP contribution in [-0.4, -0.2) is 18.5 Å². The van der Waals surface area contributed by atoms with Gasteiger partial charge < -0.3 is 11.1 Å². The summed E-state index contributed by atoms with van der Waals surface area (Å²) in [4.78, 5) is 11.8. The van der Waals surface area contributed by atoms with Gasteiger partial charge in [-0.15, -0.1) is 0 Å². The Hall–Kier alpha value is -0.570. The summed E-state index contributed by atoms with van der Waals surface area (Å²) in [5.41, 5.74) is 5.55. The van der Waals surface area contributed by atoms with Crippen LogP contribution in [0, 0.1) is 11.8 Å². The van der Waals surface area contributed by atoms with Crippen molar-refractivity contribution in [2.75, 3.05) is 6.54 Å². The number of hydrogen-bond donors (Lipinski definition) is 2. The van der Waals surface area contributed by atoms with Gasteiger partial charge in [-0.2, -0.15) is 0 Å². The molecule has 102 valence electrons. The van der Waals surface area contributed by atoms with Crippen LogP contribution < -0.4 is 11.1 Å². The second-order valence-corrected chi connectivity index (χ2v) is 5.13. The lowest BCUT2D eigenvalue weighted by Gasteiger charge is -2.20. The molecule has 0 heterocycles. The van der Waals surface area contributed by atoms with E-state index in [4.69, 9.17) is 5.73 Å². The predicted octanol–water partition coefficient (Wildman–Crippen LogP) is 2.69. The molecule has 3 N–H and O–H groups in total. The Balaban J connectivity index is 3.85. The van der Waals surface area contributed by atoms with E-state index >= 15 is 0 Å². The van der Waals surface area contributed by atoms with E-state index in [1.807, 2.05) is 0 Å². The number of nitrogens with one attached hydrogen (secondary N) is 1. The zero-order valence-corrected chi connectivity index (χ0v) is 12.0. The van der Waals surface area contributed by atoms with E-state index in [1.54, 1.807) is 0 Å². The van der Waals surface area contributed by atoms with Gasteiger partial charge in [0.1, 0.15) is 0 Å². The first-order chi connectivity index (χ1) is 8.04. The van der Waals surface area contributed by atoms with Gasteiger partial charge in [0.2, 0.25) is 5.91 Å². The molecule has 0 saturated carbocycles. The predicted molar refractivity (Wildman–Crippen MR) is 73.7 cm³/mol. The van der Waals surface area contributed by atoms with Crippen LogP contribution >= 0.6 is 0 Å². The summed E-state index contributed by atoms with van der Waals surface area (Å²) in [6.45, 7) is 9.31. The summed E-state index contributed by atoms with van der Waals surface area (Å²) in [7, 11) is 0. The molecule has 0 aliphatic rings. The van der Waals surface area contributed by atoms with Gasteiger partial charge in [-0.05, 0) is 38.1 Å². The van der Waals surface area contributed by atoms with Gasteiger partial charge in [-0.3, -0.25) is 4.79 Å². The van der Waals surface area contributed by atoms with Crippen LogP contribution in [0.2, 0.25) is 0 Å². The third-order valence-electron chi connectivity index (χ3n) is 3.82. The maximum atomic E-state index is 11.8. The van der Waals surface area contributed by atoms with Crippen molar-refractivity contribution in [2.45, 2.75) is 65.8 Å². The molecule has 1 amide bonds. The van der Waals surface area contributed by atoms with Gasteiger partial charge in [0.25, 0.3) is 0 Å². The zero-order chi connectivity index (χ0) is 13.3. The molecule has 0 aliphatic heterocycles. The lowest BCUT2D eigenvalue weighted by molar-refractivity contribution is -0.122. The van der Waals surface area contributed by atoms with Gasteiger partial charge in [-0.1, -0.05) is 33.6 Å². The highest BCUT2D eigenvalue weighted by Gasteiger charge is 2.14. The Kier molecular flexibility index (Phi) is 9.14. The van der Waals surface area contributed by atoms with Gasteiger partial charge in [-0.25, -0.2) is 0 Å². The summed E-state index contributed by atoms with van der Waals surface area (Å²) < 4.78 is 0. The second kappa shape index (κ2) is 9.46. The molecule has 0 bridgehead atoms. The SMILES string of the molecule is CCC(CCN)CCC(=O)NC(C)C(C)CC. The van der Waals surface area contributed by atoms with E-state index in [2.05, 4.69) is 33.0 Å². The highest BCUT2D eigenvalue weighted by molar-refractivity contribution is 5.76. The van der Waals surface area contributed by atoms with Crippen LogP contribution in [0.25, 0.3) is 0 Å². The maximum Gasteiger partial charge on any atom is 0.220 e. The van der Waals surface area contributed by atoms with Crippen molar-refractivity contribution >= 4 is 5.91 Å². The zero-order valence-electron chi connectivity index (χ0n) is 12.0. The number of hydrogen-bond acceptors (Lipinski definition) is 2. The lowest BCUT2D eigenvalue weighted by Crippen LogP contribution is -2.37. The third kappa shape index (κ3) is 7.37. The van der Waals surface area contributed by atoms with Crippen LogP contribution in [0.15, 0.2) is 0 Å². The largest absolute Gasteiger partial charge is 0.353 e. The highest BCUT2D eigenvalue weighted by atomic mass is 16.1. The third-order valence-corrected chi connectivity index (χ3v) is 3.82. The van der Waals surface area contributed by atoms with Crippen molar-refractivity contribution in [3.8, 4) is 0 Å². The minimum Gasteiger partial charge on any atom is -0.353 e. The van der Waals surface area contributed by atoms with E-state index < -0.39 is 0 Å². The smallest absolute Gasteiger partial charge is 0.220 e. The van der Waals surface area contributed by atoms with E-state index in [0.717, 1.165) is 32.2 Å². The number of carbonyl (C=O) groups excluding carboxylic acids is 1. The average Bonchev–Trinajstić information content (AvgIpc) is 2.33. The number of carbonyl (C=O) groups is 1. The van der Waals surface area contributed by atoms with E-state index in [1.165, 1.54) is 0 Å². The molecule has 3 heteroatoms. The lowest BCUT2D eigenvalue weighted by atomic mass is 9.96. The van der Waals surface area contributed by atoms with Crippen molar-refractivity contribution in [1.29, 1.82) is 0 Å².